The largest absolute Gasteiger partial charge is 0.456 e. The van der Waals surface area contributed by atoms with Crippen molar-refractivity contribution in [1.29, 1.82) is 0 Å². The molecule has 0 atom stereocenters. The molecule has 0 saturated carbocycles. The van der Waals surface area contributed by atoms with E-state index in [1.807, 2.05) is 0 Å². The minimum absolute atomic E-state index is 0.149. The molecule has 0 aliphatic heterocycles. The summed E-state index contributed by atoms with van der Waals surface area (Å²) in [6.07, 6.45) is 0.303. The highest BCUT2D eigenvalue weighted by Gasteiger charge is 2.33. The van der Waals surface area contributed by atoms with E-state index in [0.29, 0.717) is 17.5 Å². The molecule has 38 heavy (non-hydrogen) atoms. The molecule has 2 heterocycles. The lowest BCUT2D eigenvalue weighted by molar-refractivity contribution is -0.137. The van der Waals surface area contributed by atoms with E-state index in [1.165, 1.54) is 24.4 Å². The summed E-state index contributed by atoms with van der Waals surface area (Å²) >= 11 is 5.53. The van der Waals surface area contributed by atoms with Crippen LogP contribution in [0.3, 0.4) is 0 Å². The number of anilines is 2. The van der Waals surface area contributed by atoms with Gasteiger partial charge in [-0.25, -0.2) is 9.18 Å². The summed E-state index contributed by atoms with van der Waals surface area (Å²) in [6.45, 7) is 0. The second-order valence-corrected chi connectivity index (χ2v) is 8.01. The number of hydrogen-bond acceptors (Lipinski definition) is 4. The molecular weight excluding hydrogens is 530 g/mol. The average molecular weight is 550 g/mol. The molecule has 8 nitrogen and oxygen atoms in total. The molecule has 4 rings (SSSR count). The number of nitrogens with zero attached hydrogens (tertiary/aromatic N) is 2. The van der Waals surface area contributed by atoms with Crippen LogP contribution in [0.2, 0.25) is 5.02 Å². The predicted octanol–water partition coefficient (Wildman–Crippen LogP) is 6.45. The number of aryl methyl sites for hydroxylation is 1. The van der Waals surface area contributed by atoms with Crippen LogP contribution < -0.4 is 21.1 Å². The van der Waals surface area contributed by atoms with Crippen LogP contribution in [0.4, 0.5) is 33.7 Å². The Morgan fingerprint density at radius 3 is 2.34 bits per heavy atom. The summed E-state index contributed by atoms with van der Waals surface area (Å²) in [5, 5.41) is 3.94. The third kappa shape index (κ3) is 7.96. The predicted molar refractivity (Wildman–Crippen MR) is 134 cm³/mol. The van der Waals surface area contributed by atoms with Gasteiger partial charge in [-0.15, -0.1) is 0 Å². The van der Waals surface area contributed by atoms with Crippen molar-refractivity contribution in [3.05, 3.63) is 101 Å². The molecule has 0 spiro atoms. The maximum Gasteiger partial charge on any atom is 0.417 e. The molecule has 198 valence electrons. The Bertz CT molecular complexity index is 1430. The molecule has 0 radical (unpaired) electrons. The molecule has 0 bridgehead atoms. The highest BCUT2D eigenvalue weighted by atomic mass is 35.5. The SMILES string of the molecule is Cn1ccc(Oc2ccc(NC(=O)Nc3ccc(Cl)c(C(F)(F)F)c3)c(F)c2)c1.NC(=O)c1ccccn1. The van der Waals surface area contributed by atoms with E-state index in [9.17, 15) is 27.2 Å². The molecule has 0 aliphatic carbocycles. The van der Waals surface area contributed by atoms with Crippen molar-refractivity contribution in [1.82, 2.24) is 9.55 Å². The van der Waals surface area contributed by atoms with Gasteiger partial charge < -0.3 is 25.7 Å². The van der Waals surface area contributed by atoms with E-state index >= 15 is 0 Å². The van der Waals surface area contributed by atoms with Crippen molar-refractivity contribution in [3.63, 3.8) is 0 Å². The second-order valence-electron chi connectivity index (χ2n) is 7.61. The Balaban J connectivity index is 0.000000375. The van der Waals surface area contributed by atoms with Gasteiger partial charge in [0.25, 0.3) is 5.91 Å². The Kier molecular flexibility index (Phi) is 8.92. The Hall–Kier alpha value is -4.58. The normalized spacial score (nSPS) is 10.7. The Labute approximate surface area is 219 Å². The monoisotopic (exact) mass is 549 g/mol. The summed E-state index contributed by atoms with van der Waals surface area (Å²) in [4.78, 5) is 26.1. The van der Waals surface area contributed by atoms with Crippen LogP contribution in [0.1, 0.15) is 16.1 Å². The van der Waals surface area contributed by atoms with Crippen molar-refractivity contribution in [2.45, 2.75) is 6.18 Å². The first kappa shape index (κ1) is 28.0. The Morgan fingerprint density at radius 2 is 1.79 bits per heavy atom. The number of ether oxygens (including phenoxy) is 1. The number of pyridine rings is 1. The summed E-state index contributed by atoms with van der Waals surface area (Å²) < 4.78 is 60.1. The summed E-state index contributed by atoms with van der Waals surface area (Å²) in [5.41, 5.74) is 3.80. The molecule has 0 fully saturated rings. The standard InChI is InChI=1S/C19H14ClF4N3O2.C6H6N2O/c1-27-7-6-13(10-27)29-12-3-5-17(16(21)9-12)26-18(28)25-11-2-4-15(20)14(8-11)19(22,23)24;7-6(9)5-3-1-2-4-8-5/h2-10H,1H3,(H2,25,26,28);1-4H,(H2,7,9). The van der Waals surface area contributed by atoms with Gasteiger partial charge in [0.1, 0.15) is 23.0 Å². The maximum absolute atomic E-state index is 14.2. The van der Waals surface area contributed by atoms with Gasteiger partial charge in [-0.1, -0.05) is 17.7 Å². The minimum atomic E-state index is -4.67. The highest BCUT2D eigenvalue weighted by Crippen LogP contribution is 2.36. The van der Waals surface area contributed by atoms with Crippen molar-refractivity contribution in [2.24, 2.45) is 12.8 Å². The number of rotatable bonds is 5. The first-order valence-electron chi connectivity index (χ1n) is 10.7. The summed E-state index contributed by atoms with van der Waals surface area (Å²) in [6, 6.07) is 12.5. The van der Waals surface area contributed by atoms with E-state index < -0.39 is 34.5 Å². The number of amides is 3. The quantitative estimate of drug-likeness (QED) is 0.248. The molecule has 13 heteroatoms. The fraction of sp³-hybridized carbons (Fsp3) is 0.0800. The number of nitrogens with one attached hydrogen (secondary N) is 2. The first-order valence-corrected chi connectivity index (χ1v) is 11.0. The third-order valence-electron chi connectivity index (χ3n) is 4.68. The number of aromatic nitrogens is 2. The number of urea groups is 1. The number of nitrogens with two attached hydrogens (primary N) is 1. The minimum Gasteiger partial charge on any atom is -0.456 e. The number of benzene rings is 2. The maximum atomic E-state index is 14.2. The van der Waals surface area contributed by atoms with Crippen LogP contribution in [0, 0.1) is 5.82 Å². The van der Waals surface area contributed by atoms with Crippen LogP contribution in [0.15, 0.2) is 79.3 Å². The first-order chi connectivity index (χ1) is 17.9. The van der Waals surface area contributed by atoms with Crippen LogP contribution in [0.5, 0.6) is 11.5 Å². The van der Waals surface area contributed by atoms with E-state index in [0.717, 1.165) is 12.1 Å². The number of halogens is 5. The van der Waals surface area contributed by atoms with Crippen LogP contribution in [-0.2, 0) is 13.2 Å². The number of carbonyl (C=O) groups is 2. The molecule has 0 saturated heterocycles. The van der Waals surface area contributed by atoms with Crippen LogP contribution in [-0.4, -0.2) is 21.5 Å². The lowest BCUT2D eigenvalue weighted by Crippen LogP contribution is -2.20. The zero-order valence-electron chi connectivity index (χ0n) is 19.6. The zero-order valence-corrected chi connectivity index (χ0v) is 20.3. The molecule has 2 aromatic heterocycles. The van der Waals surface area contributed by atoms with Crippen LogP contribution >= 0.6 is 11.6 Å². The van der Waals surface area contributed by atoms with Crippen molar-refractivity contribution in [2.75, 3.05) is 10.6 Å². The fourth-order valence-corrected chi connectivity index (χ4v) is 3.17. The number of primary amides is 1. The second kappa shape index (κ2) is 12.1. The van der Waals surface area contributed by atoms with E-state index in [4.69, 9.17) is 22.1 Å². The van der Waals surface area contributed by atoms with E-state index in [2.05, 4.69) is 15.6 Å². The van der Waals surface area contributed by atoms with Crippen LogP contribution in [0.25, 0.3) is 0 Å². The summed E-state index contributed by atoms with van der Waals surface area (Å²) in [7, 11) is 1.80. The average Bonchev–Trinajstić information content (AvgIpc) is 3.26. The van der Waals surface area contributed by atoms with Gasteiger partial charge in [0.2, 0.25) is 0 Å². The number of hydrogen-bond donors (Lipinski definition) is 3. The topological polar surface area (TPSA) is 111 Å². The highest BCUT2D eigenvalue weighted by molar-refractivity contribution is 6.31. The van der Waals surface area contributed by atoms with E-state index in [1.54, 1.807) is 48.3 Å². The molecule has 0 unspecified atom stereocenters. The lowest BCUT2D eigenvalue weighted by Gasteiger charge is -2.13. The summed E-state index contributed by atoms with van der Waals surface area (Å²) in [5.74, 6) is -0.544. The smallest absolute Gasteiger partial charge is 0.417 e. The molecule has 4 aromatic rings. The van der Waals surface area contributed by atoms with E-state index in [-0.39, 0.29) is 17.1 Å². The van der Waals surface area contributed by atoms with Gasteiger partial charge in [0, 0.05) is 37.4 Å². The molecule has 4 N–H and O–H groups in total. The molecule has 3 amide bonds. The molecule has 2 aromatic carbocycles. The Morgan fingerprint density at radius 1 is 1.03 bits per heavy atom. The van der Waals surface area contributed by atoms with Gasteiger partial charge in [-0.3, -0.25) is 9.78 Å². The van der Waals surface area contributed by atoms with Gasteiger partial charge >= 0.3 is 12.2 Å². The zero-order chi connectivity index (χ0) is 27.9. The lowest BCUT2D eigenvalue weighted by atomic mass is 10.2. The van der Waals surface area contributed by atoms with Crippen molar-refractivity contribution in [3.8, 4) is 11.5 Å². The van der Waals surface area contributed by atoms with Gasteiger partial charge in [-0.05, 0) is 48.5 Å². The van der Waals surface area contributed by atoms with Gasteiger partial charge in [0.05, 0.1) is 16.3 Å². The van der Waals surface area contributed by atoms with Crippen molar-refractivity contribution >= 4 is 34.9 Å². The third-order valence-corrected chi connectivity index (χ3v) is 5.01. The number of carbonyl (C=O) groups excluding carboxylic acids is 2. The van der Waals surface area contributed by atoms with Gasteiger partial charge in [-0.2, -0.15) is 13.2 Å². The van der Waals surface area contributed by atoms with Gasteiger partial charge in [0.15, 0.2) is 0 Å². The van der Waals surface area contributed by atoms with Crippen molar-refractivity contribution < 1.29 is 31.9 Å². The number of alkyl halides is 3. The molecule has 0 aliphatic rings. The molecular formula is C25H20ClF4N5O3. The fourth-order valence-electron chi connectivity index (χ4n) is 2.95.